The topological polar surface area (TPSA) is 74.3 Å². The van der Waals surface area contributed by atoms with Crippen LogP contribution >= 0.6 is 0 Å². The quantitative estimate of drug-likeness (QED) is 0.478. The van der Waals surface area contributed by atoms with Gasteiger partial charge in [-0.05, 0) is 39.0 Å². The van der Waals surface area contributed by atoms with Crippen molar-refractivity contribution < 1.29 is 18.7 Å². The van der Waals surface area contributed by atoms with E-state index in [0.29, 0.717) is 23.5 Å². The minimum absolute atomic E-state index is 0.119. The number of hydrogen-bond donors (Lipinski definition) is 0. The van der Waals surface area contributed by atoms with E-state index in [2.05, 4.69) is 9.55 Å². The Morgan fingerprint density at radius 3 is 2.69 bits per heavy atom. The zero-order valence-corrected chi connectivity index (χ0v) is 15.2. The number of aromatic nitrogens is 2. The Balaban J connectivity index is 1.53. The Morgan fingerprint density at radius 1 is 1.23 bits per heavy atom. The summed E-state index contributed by atoms with van der Waals surface area (Å²) >= 11 is 0. The lowest BCUT2D eigenvalue weighted by atomic mass is 10.1. The molecule has 0 aliphatic rings. The van der Waals surface area contributed by atoms with Crippen LogP contribution in [0.3, 0.4) is 0 Å². The fraction of sp³-hybridized carbons (Fsp3) is 0.350. The molecule has 0 aliphatic heterocycles. The first-order chi connectivity index (χ1) is 12.5. The maximum absolute atomic E-state index is 12.3. The molecule has 3 rings (SSSR count). The van der Waals surface area contributed by atoms with Gasteiger partial charge in [-0.2, -0.15) is 0 Å². The Hall–Kier alpha value is -2.89. The van der Waals surface area contributed by atoms with Gasteiger partial charge in [-0.25, -0.2) is 4.98 Å². The Labute approximate surface area is 151 Å². The van der Waals surface area contributed by atoms with Gasteiger partial charge in [-0.3, -0.25) is 9.59 Å². The van der Waals surface area contributed by atoms with Crippen molar-refractivity contribution >= 4 is 22.9 Å². The molecule has 0 atom stereocenters. The van der Waals surface area contributed by atoms with Crippen LogP contribution in [0.5, 0.6) is 0 Å². The first-order valence-electron chi connectivity index (χ1n) is 8.69. The van der Waals surface area contributed by atoms with E-state index in [1.54, 1.807) is 0 Å². The number of ketones is 1. The number of ether oxygens (including phenoxy) is 1. The van der Waals surface area contributed by atoms with Gasteiger partial charge in [0.15, 0.2) is 18.1 Å². The number of benzene rings is 1. The largest absolute Gasteiger partial charge is 0.457 e. The summed E-state index contributed by atoms with van der Waals surface area (Å²) in [7, 11) is 0. The van der Waals surface area contributed by atoms with Crippen LogP contribution < -0.4 is 0 Å². The molecule has 6 nitrogen and oxygen atoms in total. The number of carbonyl (C=O) groups excluding carboxylic acids is 2. The minimum Gasteiger partial charge on any atom is -0.457 e. The van der Waals surface area contributed by atoms with Gasteiger partial charge in [0.05, 0.1) is 6.42 Å². The molecular formula is C20H22N2O4. The summed E-state index contributed by atoms with van der Waals surface area (Å²) in [6, 6.07) is 9.27. The lowest BCUT2D eigenvalue weighted by molar-refractivity contribution is -0.142. The van der Waals surface area contributed by atoms with E-state index >= 15 is 0 Å². The number of Topliss-reactive ketones (excluding diaryl/α,β-unsaturated/α-hetero) is 1. The zero-order chi connectivity index (χ0) is 18.7. The smallest absolute Gasteiger partial charge is 0.306 e. The van der Waals surface area contributed by atoms with Crippen molar-refractivity contribution in [2.75, 3.05) is 6.61 Å². The fourth-order valence-electron chi connectivity index (χ4n) is 3.10. The van der Waals surface area contributed by atoms with E-state index in [4.69, 9.17) is 9.15 Å². The van der Waals surface area contributed by atoms with Crippen molar-refractivity contribution in [2.24, 2.45) is 0 Å². The molecule has 0 unspecified atom stereocenters. The second-order valence-corrected chi connectivity index (χ2v) is 6.19. The third kappa shape index (κ3) is 3.69. The van der Waals surface area contributed by atoms with Crippen molar-refractivity contribution in [3.63, 3.8) is 0 Å². The average molecular weight is 354 g/mol. The lowest BCUT2D eigenvalue weighted by Gasteiger charge is -2.06. The molecule has 2 heterocycles. The van der Waals surface area contributed by atoms with E-state index in [-0.39, 0.29) is 18.8 Å². The molecule has 0 saturated heterocycles. The molecule has 3 aromatic rings. The molecule has 0 radical (unpaired) electrons. The van der Waals surface area contributed by atoms with Gasteiger partial charge in [0.2, 0.25) is 5.78 Å². The predicted molar refractivity (Wildman–Crippen MR) is 97.2 cm³/mol. The molecule has 0 spiro atoms. The normalized spacial score (nSPS) is 11.0. The molecule has 2 aromatic heterocycles. The third-order valence-electron chi connectivity index (χ3n) is 4.44. The summed E-state index contributed by atoms with van der Waals surface area (Å²) in [5.74, 6) is -0.140. The van der Waals surface area contributed by atoms with Gasteiger partial charge >= 0.3 is 5.97 Å². The van der Waals surface area contributed by atoms with E-state index in [1.165, 1.54) is 0 Å². The number of fused-ring (bicyclic) bond motifs is 1. The molecule has 1 aromatic carbocycles. The number of esters is 1. The highest BCUT2D eigenvalue weighted by Gasteiger charge is 2.17. The summed E-state index contributed by atoms with van der Waals surface area (Å²) < 4.78 is 12.8. The van der Waals surface area contributed by atoms with Crippen LogP contribution in [0.2, 0.25) is 0 Å². The second-order valence-electron chi connectivity index (χ2n) is 6.19. The highest BCUT2D eigenvalue weighted by molar-refractivity contribution is 5.99. The Morgan fingerprint density at radius 2 is 2.00 bits per heavy atom. The third-order valence-corrected chi connectivity index (χ3v) is 4.44. The van der Waals surface area contributed by atoms with Crippen molar-refractivity contribution in [3.05, 3.63) is 53.2 Å². The van der Waals surface area contributed by atoms with Gasteiger partial charge in [-0.15, -0.1) is 0 Å². The summed E-state index contributed by atoms with van der Waals surface area (Å²) in [5.41, 5.74) is 3.99. The number of carbonyl (C=O) groups is 2. The summed E-state index contributed by atoms with van der Waals surface area (Å²) in [5, 5.41) is 0. The molecule has 6 heteroatoms. The van der Waals surface area contributed by atoms with Crippen LogP contribution in [0.25, 0.3) is 11.1 Å². The van der Waals surface area contributed by atoms with Gasteiger partial charge < -0.3 is 13.7 Å². The molecular weight excluding hydrogens is 332 g/mol. The van der Waals surface area contributed by atoms with E-state index < -0.39 is 5.97 Å². The number of rotatable bonds is 7. The summed E-state index contributed by atoms with van der Waals surface area (Å²) in [6.07, 6.45) is 0.458. The van der Waals surface area contributed by atoms with Gasteiger partial charge in [-0.1, -0.05) is 12.1 Å². The van der Waals surface area contributed by atoms with Crippen LogP contribution in [-0.4, -0.2) is 27.9 Å². The highest BCUT2D eigenvalue weighted by atomic mass is 16.5. The Bertz CT molecular complexity index is 919. The van der Waals surface area contributed by atoms with Crippen LogP contribution in [0.1, 0.15) is 41.0 Å². The molecule has 26 heavy (non-hydrogen) atoms. The van der Waals surface area contributed by atoms with Gasteiger partial charge in [0.25, 0.3) is 0 Å². The molecule has 0 N–H and O–H groups in total. The summed E-state index contributed by atoms with van der Waals surface area (Å²) in [6.45, 7) is 6.44. The second kappa shape index (κ2) is 7.56. The SMILES string of the molecule is CCn1c(C)cc(C(=O)COC(=O)CCc2nc3ccccc3o2)c1C. The zero-order valence-electron chi connectivity index (χ0n) is 15.2. The number of oxazole rings is 1. The Kier molecular flexibility index (Phi) is 5.21. The van der Waals surface area contributed by atoms with Crippen LogP contribution in [0, 0.1) is 13.8 Å². The number of hydrogen-bond acceptors (Lipinski definition) is 5. The van der Waals surface area contributed by atoms with Gasteiger partial charge in [0.1, 0.15) is 5.52 Å². The molecule has 0 aliphatic carbocycles. The van der Waals surface area contributed by atoms with Crippen molar-refractivity contribution in [1.82, 2.24) is 9.55 Å². The van der Waals surface area contributed by atoms with Crippen molar-refractivity contribution in [1.29, 1.82) is 0 Å². The number of para-hydroxylation sites is 2. The van der Waals surface area contributed by atoms with Crippen molar-refractivity contribution in [3.8, 4) is 0 Å². The van der Waals surface area contributed by atoms with E-state index in [1.807, 2.05) is 51.1 Å². The monoisotopic (exact) mass is 354 g/mol. The molecule has 0 fully saturated rings. The predicted octanol–water partition coefficient (Wildman–Crippen LogP) is 3.62. The minimum atomic E-state index is -0.440. The first kappa shape index (κ1) is 17.9. The number of aryl methyl sites for hydroxylation is 2. The number of nitrogens with zero attached hydrogens (tertiary/aromatic N) is 2. The molecule has 0 saturated carbocycles. The highest BCUT2D eigenvalue weighted by Crippen LogP contribution is 2.17. The summed E-state index contributed by atoms with van der Waals surface area (Å²) in [4.78, 5) is 28.6. The maximum Gasteiger partial charge on any atom is 0.306 e. The molecule has 0 amide bonds. The molecule has 0 bridgehead atoms. The van der Waals surface area contributed by atoms with Crippen LogP contribution in [-0.2, 0) is 22.5 Å². The fourth-order valence-corrected chi connectivity index (χ4v) is 3.10. The van der Waals surface area contributed by atoms with E-state index in [9.17, 15) is 9.59 Å². The van der Waals surface area contributed by atoms with Crippen molar-refractivity contribution in [2.45, 2.75) is 40.2 Å². The van der Waals surface area contributed by atoms with Gasteiger partial charge in [0, 0.05) is 29.9 Å². The maximum atomic E-state index is 12.3. The average Bonchev–Trinajstić information content (AvgIpc) is 3.17. The standard InChI is InChI=1S/C20H22N2O4/c1-4-22-13(2)11-15(14(22)3)17(23)12-25-20(24)10-9-19-21-16-7-5-6-8-18(16)26-19/h5-8,11H,4,9-10,12H2,1-3H3. The van der Waals surface area contributed by atoms with E-state index in [0.717, 1.165) is 23.4 Å². The van der Waals surface area contributed by atoms with Crippen LogP contribution in [0.4, 0.5) is 0 Å². The lowest BCUT2D eigenvalue weighted by Crippen LogP contribution is -2.15. The van der Waals surface area contributed by atoms with Crippen LogP contribution in [0.15, 0.2) is 34.7 Å². The first-order valence-corrected chi connectivity index (χ1v) is 8.69. The molecule has 136 valence electrons.